The van der Waals surface area contributed by atoms with Gasteiger partial charge in [0.2, 0.25) is 0 Å². The summed E-state index contributed by atoms with van der Waals surface area (Å²) in [5.41, 5.74) is 0.987. The first kappa shape index (κ1) is 15.3. The summed E-state index contributed by atoms with van der Waals surface area (Å²) >= 11 is 0. The van der Waals surface area contributed by atoms with Gasteiger partial charge in [-0.1, -0.05) is 37.3 Å². The van der Waals surface area contributed by atoms with E-state index in [-0.39, 0.29) is 12.1 Å². The first-order chi connectivity index (χ1) is 10.7. The van der Waals surface area contributed by atoms with Gasteiger partial charge in [-0.3, -0.25) is 0 Å². The van der Waals surface area contributed by atoms with E-state index in [0.717, 1.165) is 24.8 Å². The van der Waals surface area contributed by atoms with Crippen LogP contribution < -0.4 is 5.32 Å². The Bertz CT molecular complexity index is 499. The SMILES string of the molecule is C[C@H]1CC2(CC[C@H]1NC(=O)OCc1ccccc1)OCCO2. The van der Waals surface area contributed by atoms with Crippen molar-refractivity contribution in [1.82, 2.24) is 5.32 Å². The van der Waals surface area contributed by atoms with E-state index in [9.17, 15) is 4.79 Å². The predicted molar refractivity (Wildman–Crippen MR) is 81.2 cm³/mol. The molecule has 0 bridgehead atoms. The highest BCUT2D eigenvalue weighted by Gasteiger charge is 2.44. The quantitative estimate of drug-likeness (QED) is 0.933. The summed E-state index contributed by atoms with van der Waals surface area (Å²) in [6.45, 7) is 3.76. The van der Waals surface area contributed by atoms with E-state index in [1.165, 1.54) is 0 Å². The van der Waals surface area contributed by atoms with Gasteiger partial charge >= 0.3 is 6.09 Å². The fourth-order valence-electron chi connectivity index (χ4n) is 3.28. The summed E-state index contributed by atoms with van der Waals surface area (Å²) in [6.07, 6.45) is 2.13. The van der Waals surface area contributed by atoms with Gasteiger partial charge < -0.3 is 19.5 Å². The van der Waals surface area contributed by atoms with Crippen molar-refractivity contribution in [2.24, 2.45) is 5.92 Å². The van der Waals surface area contributed by atoms with Crippen molar-refractivity contribution >= 4 is 6.09 Å². The Morgan fingerprint density at radius 2 is 2.05 bits per heavy atom. The highest BCUT2D eigenvalue weighted by atomic mass is 16.7. The van der Waals surface area contributed by atoms with Crippen molar-refractivity contribution in [2.45, 2.75) is 44.6 Å². The van der Waals surface area contributed by atoms with Crippen molar-refractivity contribution in [2.75, 3.05) is 13.2 Å². The van der Waals surface area contributed by atoms with Crippen molar-refractivity contribution in [1.29, 1.82) is 0 Å². The van der Waals surface area contributed by atoms with Crippen LogP contribution in [0.1, 0.15) is 31.7 Å². The molecule has 22 heavy (non-hydrogen) atoms. The molecule has 2 aliphatic rings. The van der Waals surface area contributed by atoms with E-state index in [1.807, 2.05) is 30.3 Å². The lowest BCUT2D eigenvalue weighted by Crippen LogP contribution is -2.48. The van der Waals surface area contributed by atoms with Crippen LogP contribution in [0.3, 0.4) is 0 Å². The molecule has 1 aromatic carbocycles. The topological polar surface area (TPSA) is 56.8 Å². The van der Waals surface area contributed by atoms with Gasteiger partial charge in [0.05, 0.1) is 13.2 Å². The third kappa shape index (κ3) is 3.59. The molecule has 1 aliphatic carbocycles. The van der Waals surface area contributed by atoms with Crippen molar-refractivity contribution in [3.8, 4) is 0 Å². The molecule has 5 heteroatoms. The maximum atomic E-state index is 11.9. The van der Waals surface area contributed by atoms with Crippen LogP contribution in [0.2, 0.25) is 0 Å². The molecule has 2 atom stereocenters. The Hall–Kier alpha value is -1.59. The molecule has 120 valence electrons. The van der Waals surface area contributed by atoms with E-state index in [2.05, 4.69) is 12.2 Å². The van der Waals surface area contributed by atoms with Crippen LogP contribution in [0.15, 0.2) is 30.3 Å². The molecule has 0 aromatic heterocycles. The molecule has 1 amide bonds. The van der Waals surface area contributed by atoms with Crippen LogP contribution in [0.25, 0.3) is 0 Å². The molecule has 1 aromatic rings. The smallest absolute Gasteiger partial charge is 0.407 e. The minimum Gasteiger partial charge on any atom is -0.445 e. The molecule has 1 saturated carbocycles. The Morgan fingerprint density at radius 1 is 1.32 bits per heavy atom. The number of carbonyl (C=O) groups is 1. The molecule has 1 N–H and O–H groups in total. The standard InChI is InChI=1S/C17H23NO4/c1-13-11-17(21-9-10-22-17)8-7-15(13)18-16(19)20-12-14-5-3-2-4-6-14/h2-6,13,15H,7-12H2,1H3,(H,18,19)/t13-,15+/m0/s1. The van der Waals surface area contributed by atoms with Crippen LogP contribution in [-0.2, 0) is 20.8 Å². The molecule has 1 heterocycles. The molecule has 0 unspecified atom stereocenters. The summed E-state index contributed by atoms with van der Waals surface area (Å²) in [6, 6.07) is 9.80. The van der Waals surface area contributed by atoms with Gasteiger partial charge in [-0.25, -0.2) is 4.79 Å². The lowest BCUT2D eigenvalue weighted by molar-refractivity contribution is -0.189. The molecule has 1 aliphatic heterocycles. The van der Waals surface area contributed by atoms with E-state index < -0.39 is 5.79 Å². The van der Waals surface area contributed by atoms with Gasteiger partial charge in [0, 0.05) is 18.9 Å². The van der Waals surface area contributed by atoms with Gasteiger partial charge in [0.15, 0.2) is 5.79 Å². The van der Waals surface area contributed by atoms with E-state index in [4.69, 9.17) is 14.2 Å². The van der Waals surface area contributed by atoms with Crippen LogP contribution in [0, 0.1) is 5.92 Å². The molecule has 5 nitrogen and oxygen atoms in total. The minimum atomic E-state index is -0.411. The van der Waals surface area contributed by atoms with Crippen LogP contribution in [-0.4, -0.2) is 31.1 Å². The van der Waals surface area contributed by atoms with Gasteiger partial charge in [-0.05, 0) is 17.9 Å². The first-order valence-corrected chi connectivity index (χ1v) is 7.92. The molecule has 0 radical (unpaired) electrons. The van der Waals surface area contributed by atoms with E-state index in [1.54, 1.807) is 0 Å². The van der Waals surface area contributed by atoms with Gasteiger partial charge in [0.1, 0.15) is 6.61 Å². The molecule has 2 fully saturated rings. The average Bonchev–Trinajstić information content (AvgIpc) is 2.97. The van der Waals surface area contributed by atoms with Gasteiger partial charge in [-0.15, -0.1) is 0 Å². The highest BCUT2D eigenvalue weighted by Crippen LogP contribution is 2.38. The van der Waals surface area contributed by atoms with Crippen molar-refractivity contribution in [3.05, 3.63) is 35.9 Å². The highest BCUT2D eigenvalue weighted by molar-refractivity contribution is 5.67. The molecular formula is C17H23NO4. The number of nitrogens with one attached hydrogen (secondary N) is 1. The number of rotatable bonds is 3. The number of benzene rings is 1. The fraction of sp³-hybridized carbons (Fsp3) is 0.588. The summed E-state index contributed by atoms with van der Waals surface area (Å²) in [5, 5.41) is 2.97. The fourth-order valence-corrected chi connectivity index (χ4v) is 3.28. The van der Waals surface area contributed by atoms with Crippen LogP contribution in [0.4, 0.5) is 4.79 Å². The number of hydrogen-bond donors (Lipinski definition) is 1. The number of alkyl carbamates (subject to hydrolysis) is 1. The second-order valence-electron chi connectivity index (χ2n) is 6.14. The summed E-state index contributed by atoms with van der Waals surface area (Å²) < 4.78 is 16.8. The number of carbonyl (C=O) groups excluding carboxylic acids is 1. The maximum absolute atomic E-state index is 11.9. The molecular weight excluding hydrogens is 282 g/mol. The molecule has 1 spiro atoms. The number of hydrogen-bond acceptors (Lipinski definition) is 4. The van der Waals surface area contributed by atoms with E-state index in [0.29, 0.717) is 25.7 Å². The number of amides is 1. The number of ether oxygens (including phenoxy) is 3. The second-order valence-corrected chi connectivity index (χ2v) is 6.14. The predicted octanol–water partition coefficient (Wildman–Crippen LogP) is 2.84. The Labute approximate surface area is 130 Å². The normalized spacial score (nSPS) is 26.8. The van der Waals surface area contributed by atoms with Gasteiger partial charge in [0.25, 0.3) is 0 Å². The first-order valence-electron chi connectivity index (χ1n) is 7.92. The summed E-state index contributed by atoms with van der Waals surface area (Å²) in [7, 11) is 0. The molecule has 1 saturated heterocycles. The second kappa shape index (κ2) is 6.67. The molecule has 3 rings (SSSR count). The largest absolute Gasteiger partial charge is 0.445 e. The van der Waals surface area contributed by atoms with Gasteiger partial charge in [-0.2, -0.15) is 0 Å². The third-order valence-corrected chi connectivity index (χ3v) is 4.49. The summed E-state index contributed by atoms with van der Waals surface area (Å²) in [4.78, 5) is 11.9. The van der Waals surface area contributed by atoms with Crippen LogP contribution >= 0.6 is 0 Å². The summed E-state index contributed by atoms with van der Waals surface area (Å²) in [5.74, 6) is -0.109. The van der Waals surface area contributed by atoms with Crippen molar-refractivity contribution < 1.29 is 19.0 Å². The Kier molecular flexibility index (Phi) is 4.64. The van der Waals surface area contributed by atoms with Crippen LogP contribution in [0.5, 0.6) is 0 Å². The van der Waals surface area contributed by atoms with Crippen molar-refractivity contribution in [3.63, 3.8) is 0 Å². The zero-order valence-corrected chi connectivity index (χ0v) is 12.9. The lowest BCUT2D eigenvalue weighted by Gasteiger charge is -2.39. The average molecular weight is 305 g/mol. The maximum Gasteiger partial charge on any atom is 0.407 e. The monoisotopic (exact) mass is 305 g/mol. The Balaban J connectivity index is 1.46. The Morgan fingerprint density at radius 3 is 2.73 bits per heavy atom. The third-order valence-electron chi connectivity index (χ3n) is 4.49. The zero-order valence-electron chi connectivity index (χ0n) is 12.9. The minimum absolute atomic E-state index is 0.113. The lowest BCUT2D eigenvalue weighted by atomic mass is 9.82. The zero-order chi connectivity index (χ0) is 15.4. The van der Waals surface area contributed by atoms with E-state index >= 15 is 0 Å².